The number of ether oxygens (including phenoxy) is 3. The number of morpholine rings is 1. The minimum absolute atomic E-state index is 0.144. The van der Waals surface area contributed by atoms with Gasteiger partial charge in [0.15, 0.2) is 18.1 Å². The number of nitrogens with one attached hydrogen (secondary N) is 2. The molecule has 1 aliphatic rings. The van der Waals surface area contributed by atoms with Gasteiger partial charge in [0.05, 0.1) is 20.3 Å². The molecule has 1 saturated heterocycles. The van der Waals surface area contributed by atoms with Gasteiger partial charge < -0.3 is 19.1 Å². The van der Waals surface area contributed by atoms with Crippen LogP contribution in [0.15, 0.2) is 42.5 Å². The zero-order valence-electron chi connectivity index (χ0n) is 17.5. The molecular weight excluding hydrogens is 402 g/mol. The van der Waals surface area contributed by atoms with Crippen LogP contribution in [0.2, 0.25) is 0 Å². The molecule has 2 aromatic rings. The van der Waals surface area contributed by atoms with Crippen LogP contribution >= 0.6 is 0 Å². The summed E-state index contributed by atoms with van der Waals surface area (Å²) < 4.78 is 16.1. The normalized spacial score (nSPS) is 13.3. The Labute approximate surface area is 180 Å². The summed E-state index contributed by atoms with van der Waals surface area (Å²) in [7, 11) is 1.44. The van der Waals surface area contributed by atoms with Gasteiger partial charge in [-0.1, -0.05) is 18.2 Å². The van der Waals surface area contributed by atoms with Crippen LogP contribution in [0.25, 0.3) is 0 Å². The lowest BCUT2D eigenvalue weighted by molar-refractivity contribution is -0.137. The van der Waals surface area contributed by atoms with E-state index in [1.165, 1.54) is 19.2 Å². The molecule has 1 fully saturated rings. The van der Waals surface area contributed by atoms with E-state index in [0.717, 1.165) is 5.56 Å². The third-order valence-electron chi connectivity index (χ3n) is 4.82. The van der Waals surface area contributed by atoms with E-state index in [1.54, 1.807) is 23.1 Å². The molecule has 3 amide bonds. The molecule has 0 saturated carbocycles. The average Bonchev–Trinajstić information content (AvgIpc) is 2.81. The molecule has 0 unspecified atom stereocenters. The van der Waals surface area contributed by atoms with Crippen molar-refractivity contribution >= 4 is 17.7 Å². The Morgan fingerprint density at radius 3 is 2.42 bits per heavy atom. The van der Waals surface area contributed by atoms with E-state index >= 15 is 0 Å². The third kappa shape index (κ3) is 5.73. The Morgan fingerprint density at radius 2 is 1.71 bits per heavy atom. The van der Waals surface area contributed by atoms with Gasteiger partial charge in [-0.05, 0) is 36.8 Å². The van der Waals surface area contributed by atoms with E-state index in [-0.39, 0.29) is 18.1 Å². The summed E-state index contributed by atoms with van der Waals surface area (Å²) in [6.07, 6.45) is 0. The molecule has 0 radical (unpaired) electrons. The Balaban J connectivity index is 1.58. The Bertz CT molecular complexity index is 956. The Kier molecular flexibility index (Phi) is 7.45. The van der Waals surface area contributed by atoms with Gasteiger partial charge >= 0.3 is 0 Å². The molecule has 3 rings (SSSR count). The van der Waals surface area contributed by atoms with Crippen LogP contribution < -0.4 is 20.3 Å². The highest BCUT2D eigenvalue weighted by molar-refractivity contribution is 6.00. The number of hydrogen-bond donors (Lipinski definition) is 2. The van der Waals surface area contributed by atoms with Gasteiger partial charge in [-0.2, -0.15) is 0 Å². The first kappa shape index (κ1) is 22.1. The summed E-state index contributed by atoms with van der Waals surface area (Å²) in [6, 6.07) is 11.6. The summed E-state index contributed by atoms with van der Waals surface area (Å²) in [4.78, 5) is 38.6. The van der Waals surface area contributed by atoms with Crippen LogP contribution in [0, 0.1) is 6.92 Å². The minimum atomic E-state index is -0.517. The molecule has 31 heavy (non-hydrogen) atoms. The molecule has 0 aromatic heterocycles. The zero-order chi connectivity index (χ0) is 22.2. The lowest BCUT2D eigenvalue weighted by Gasteiger charge is -2.26. The number of aryl methyl sites for hydroxylation is 1. The first-order chi connectivity index (χ1) is 15.0. The fourth-order valence-electron chi connectivity index (χ4n) is 3.05. The number of nitrogens with zero attached hydrogens (tertiary/aromatic N) is 1. The predicted octanol–water partition coefficient (Wildman–Crippen LogP) is 1.32. The highest BCUT2D eigenvalue weighted by Gasteiger charge is 2.19. The van der Waals surface area contributed by atoms with E-state index in [0.29, 0.717) is 43.4 Å². The van der Waals surface area contributed by atoms with E-state index < -0.39 is 11.8 Å². The molecule has 2 aromatic carbocycles. The first-order valence-corrected chi connectivity index (χ1v) is 9.82. The van der Waals surface area contributed by atoms with Crippen molar-refractivity contribution in [2.45, 2.75) is 6.92 Å². The van der Waals surface area contributed by atoms with Crippen molar-refractivity contribution in [1.29, 1.82) is 0 Å². The van der Waals surface area contributed by atoms with Crippen molar-refractivity contribution in [3.8, 4) is 11.5 Å². The summed E-state index contributed by atoms with van der Waals surface area (Å²) >= 11 is 0. The third-order valence-corrected chi connectivity index (χ3v) is 4.82. The number of methoxy groups -OCH3 is 1. The molecule has 164 valence electrons. The molecule has 0 atom stereocenters. The smallest absolute Gasteiger partial charge is 0.269 e. The van der Waals surface area contributed by atoms with Gasteiger partial charge in [0.2, 0.25) is 0 Å². The van der Waals surface area contributed by atoms with Gasteiger partial charge in [-0.15, -0.1) is 0 Å². The lowest BCUT2D eigenvalue weighted by Crippen LogP contribution is -2.43. The highest BCUT2D eigenvalue weighted by Crippen LogP contribution is 2.28. The Morgan fingerprint density at radius 1 is 1.00 bits per heavy atom. The van der Waals surface area contributed by atoms with Crippen LogP contribution in [0.1, 0.15) is 26.3 Å². The number of hydrazine groups is 1. The predicted molar refractivity (Wildman–Crippen MR) is 112 cm³/mol. The second-order valence-electron chi connectivity index (χ2n) is 6.87. The summed E-state index contributed by atoms with van der Waals surface area (Å²) in [6.45, 7) is 3.76. The second-order valence-corrected chi connectivity index (χ2v) is 6.87. The number of rotatable bonds is 6. The minimum Gasteiger partial charge on any atom is -0.493 e. The summed E-state index contributed by atoms with van der Waals surface area (Å²) in [5.74, 6) is -0.445. The number of benzene rings is 2. The fourth-order valence-corrected chi connectivity index (χ4v) is 3.05. The molecule has 2 N–H and O–H groups in total. The highest BCUT2D eigenvalue weighted by atomic mass is 16.5. The molecule has 9 nitrogen and oxygen atoms in total. The van der Waals surface area contributed by atoms with E-state index in [9.17, 15) is 14.4 Å². The SMILES string of the molecule is COc1cc(C(=O)NNC(=O)c2ccccc2C)ccc1OCC(=O)N1CCOCC1. The molecule has 1 aliphatic heterocycles. The van der Waals surface area contributed by atoms with Gasteiger partial charge in [-0.3, -0.25) is 25.2 Å². The van der Waals surface area contributed by atoms with Crippen LogP contribution in [0.5, 0.6) is 11.5 Å². The Hall–Kier alpha value is -3.59. The topological polar surface area (TPSA) is 106 Å². The molecule has 0 spiro atoms. The number of carbonyl (C=O) groups is 3. The number of carbonyl (C=O) groups excluding carboxylic acids is 3. The number of hydrogen-bond acceptors (Lipinski definition) is 6. The molecule has 9 heteroatoms. The van der Waals surface area contributed by atoms with Gasteiger partial charge in [-0.25, -0.2) is 0 Å². The zero-order valence-corrected chi connectivity index (χ0v) is 17.5. The summed E-state index contributed by atoms with van der Waals surface area (Å²) in [5.41, 5.74) is 6.30. The van der Waals surface area contributed by atoms with Crippen molar-refractivity contribution < 1.29 is 28.6 Å². The van der Waals surface area contributed by atoms with Crippen LogP contribution in [0.3, 0.4) is 0 Å². The molecule has 1 heterocycles. The average molecular weight is 427 g/mol. The molecular formula is C22H25N3O6. The summed E-state index contributed by atoms with van der Waals surface area (Å²) in [5, 5.41) is 0. The van der Waals surface area contributed by atoms with Gasteiger partial charge in [0, 0.05) is 24.2 Å². The van der Waals surface area contributed by atoms with Crippen LogP contribution in [-0.4, -0.2) is 62.6 Å². The van der Waals surface area contributed by atoms with Crippen molar-refractivity contribution in [1.82, 2.24) is 15.8 Å². The fraction of sp³-hybridized carbons (Fsp3) is 0.318. The quantitative estimate of drug-likeness (QED) is 0.674. The maximum Gasteiger partial charge on any atom is 0.269 e. The van der Waals surface area contributed by atoms with Gasteiger partial charge in [0.25, 0.3) is 17.7 Å². The van der Waals surface area contributed by atoms with Crippen LogP contribution in [-0.2, 0) is 9.53 Å². The van der Waals surface area contributed by atoms with E-state index in [2.05, 4.69) is 10.9 Å². The first-order valence-electron chi connectivity index (χ1n) is 9.82. The number of amides is 3. The lowest BCUT2D eigenvalue weighted by atomic mass is 10.1. The molecule has 0 bridgehead atoms. The monoisotopic (exact) mass is 427 g/mol. The standard InChI is InChI=1S/C22H25N3O6/c1-15-5-3-4-6-17(15)22(28)24-23-21(27)16-7-8-18(19(13-16)29-2)31-14-20(26)25-9-11-30-12-10-25/h3-8,13H,9-12,14H2,1-2H3,(H,23,27)(H,24,28). The van der Waals surface area contributed by atoms with Crippen LogP contribution in [0.4, 0.5) is 0 Å². The second kappa shape index (κ2) is 10.4. The van der Waals surface area contributed by atoms with Crippen molar-refractivity contribution in [2.24, 2.45) is 0 Å². The van der Waals surface area contributed by atoms with Crippen molar-refractivity contribution in [3.63, 3.8) is 0 Å². The van der Waals surface area contributed by atoms with Crippen molar-refractivity contribution in [2.75, 3.05) is 40.0 Å². The maximum absolute atomic E-state index is 12.4. The largest absolute Gasteiger partial charge is 0.493 e. The van der Waals surface area contributed by atoms with E-state index in [1.807, 2.05) is 19.1 Å². The van der Waals surface area contributed by atoms with Crippen molar-refractivity contribution in [3.05, 3.63) is 59.2 Å². The molecule has 0 aliphatic carbocycles. The van der Waals surface area contributed by atoms with Gasteiger partial charge in [0.1, 0.15) is 0 Å². The maximum atomic E-state index is 12.4. The van der Waals surface area contributed by atoms with E-state index in [4.69, 9.17) is 14.2 Å².